The van der Waals surface area contributed by atoms with E-state index in [9.17, 15) is 0 Å². The van der Waals surface area contributed by atoms with Gasteiger partial charge in [-0.2, -0.15) is 5.10 Å². The summed E-state index contributed by atoms with van der Waals surface area (Å²) in [6.07, 6.45) is 5.53. The minimum Gasteiger partial charge on any atom is -0.307 e. The molecule has 0 aliphatic rings. The normalized spacial score (nSPS) is 12.9. The Labute approximate surface area is 95.0 Å². The second-order valence-corrected chi connectivity index (χ2v) is 3.82. The van der Waals surface area contributed by atoms with Gasteiger partial charge < -0.3 is 5.32 Å². The quantitative estimate of drug-likeness (QED) is 0.793. The molecule has 2 aromatic rings. The van der Waals surface area contributed by atoms with Crippen LogP contribution in [0.15, 0.2) is 31.1 Å². The Bertz CT molecular complexity index is 501. The van der Waals surface area contributed by atoms with Crippen LogP contribution in [0.2, 0.25) is 0 Å². The molecule has 2 aromatic heterocycles. The van der Waals surface area contributed by atoms with Crippen molar-refractivity contribution >= 4 is 5.65 Å². The summed E-state index contributed by atoms with van der Waals surface area (Å²) in [6.45, 7) is 8.66. The van der Waals surface area contributed by atoms with Crippen molar-refractivity contribution in [3.05, 3.63) is 42.4 Å². The molecular weight excluding hydrogens is 200 g/mol. The van der Waals surface area contributed by atoms with E-state index in [2.05, 4.69) is 35.8 Å². The van der Waals surface area contributed by atoms with E-state index in [-0.39, 0.29) is 6.04 Å². The van der Waals surface area contributed by atoms with Gasteiger partial charge in [0.15, 0.2) is 5.65 Å². The third-order valence-corrected chi connectivity index (χ3v) is 2.73. The van der Waals surface area contributed by atoms with Gasteiger partial charge in [-0.1, -0.05) is 6.08 Å². The van der Waals surface area contributed by atoms with E-state index in [4.69, 9.17) is 0 Å². The summed E-state index contributed by atoms with van der Waals surface area (Å²) < 4.78 is 1.86. The topological polar surface area (TPSA) is 42.2 Å². The molecule has 2 rings (SSSR count). The van der Waals surface area contributed by atoms with Crippen molar-refractivity contribution in [2.45, 2.75) is 19.9 Å². The third-order valence-electron chi connectivity index (χ3n) is 2.73. The smallest absolute Gasteiger partial charge is 0.155 e. The highest BCUT2D eigenvalue weighted by Gasteiger charge is 2.10. The van der Waals surface area contributed by atoms with Crippen molar-refractivity contribution in [1.82, 2.24) is 19.9 Å². The van der Waals surface area contributed by atoms with Crippen LogP contribution in [0.4, 0.5) is 0 Å². The Kier molecular flexibility index (Phi) is 3.01. The number of nitrogens with zero attached hydrogens (tertiary/aromatic N) is 3. The number of nitrogens with one attached hydrogen (secondary N) is 1. The number of hydrogen-bond acceptors (Lipinski definition) is 3. The monoisotopic (exact) mass is 216 g/mol. The minimum atomic E-state index is 0.249. The summed E-state index contributed by atoms with van der Waals surface area (Å²) in [7, 11) is 0. The van der Waals surface area contributed by atoms with Gasteiger partial charge in [-0.3, -0.25) is 0 Å². The molecule has 1 atom stereocenters. The molecular formula is C12H16N4. The van der Waals surface area contributed by atoms with E-state index in [1.165, 1.54) is 0 Å². The van der Waals surface area contributed by atoms with Gasteiger partial charge in [0.05, 0.1) is 6.20 Å². The van der Waals surface area contributed by atoms with Crippen molar-refractivity contribution in [2.24, 2.45) is 0 Å². The largest absolute Gasteiger partial charge is 0.307 e. The van der Waals surface area contributed by atoms with Crippen LogP contribution in [-0.4, -0.2) is 21.1 Å². The zero-order valence-corrected chi connectivity index (χ0v) is 9.64. The van der Waals surface area contributed by atoms with Crippen LogP contribution in [0.25, 0.3) is 5.65 Å². The Hall–Kier alpha value is -1.68. The molecule has 0 fully saturated rings. The molecule has 0 aliphatic heterocycles. The van der Waals surface area contributed by atoms with Gasteiger partial charge in [0, 0.05) is 36.1 Å². The van der Waals surface area contributed by atoms with Gasteiger partial charge in [-0.15, -0.1) is 6.58 Å². The van der Waals surface area contributed by atoms with Crippen LogP contribution in [0, 0.1) is 6.92 Å². The second-order valence-electron chi connectivity index (χ2n) is 3.82. The lowest BCUT2D eigenvalue weighted by Gasteiger charge is -2.15. The van der Waals surface area contributed by atoms with Crippen LogP contribution in [0.1, 0.15) is 24.2 Å². The molecule has 0 aromatic carbocycles. The lowest BCUT2D eigenvalue weighted by atomic mass is 10.1. The molecule has 0 radical (unpaired) electrons. The number of aryl methyl sites for hydroxylation is 1. The van der Waals surface area contributed by atoms with E-state index >= 15 is 0 Å². The molecule has 4 nitrogen and oxygen atoms in total. The van der Waals surface area contributed by atoms with E-state index in [1.807, 2.05) is 22.9 Å². The van der Waals surface area contributed by atoms with Crippen LogP contribution in [0.3, 0.4) is 0 Å². The highest BCUT2D eigenvalue weighted by molar-refractivity contribution is 5.39. The molecule has 1 N–H and O–H groups in total. The van der Waals surface area contributed by atoms with Crippen LogP contribution < -0.4 is 5.32 Å². The maximum absolute atomic E-state index is 4.37. The van der Waals surface area contributed by atoms with Gasteiger partial charge in [-0.05, 0) is 13.8 Å². The van der Waals surface area contributed by atoms with Crippen molar-refractivity contribution in [1.29, 1.82) is 0 Å². The zero-order valence-electron chi connectivity index (χ0n) is 9.64. The van der Waals surface area contributed by atoms with Gasteiger partial charge in [0.1, 0.15) is 0 Å². The zero-order chi connectivity index (χ0) is 11.5. The lowest BCUT2D eigenvalue weighted by Crippen LogP contribution is -2.20. The van der Waals surface area contributed by atoms with Crippen molar-refractivity contribution in [3.8, 4) is 0 Å². The first kappa shape index (κ1) is 10.8. The standard InChI is InChI=1S/C12H16N4/c1-4-6-13-9(2)11-8-14-12-5-7-15-16(12)10(11)3/h4-5,7-9,13H,1,6H2,2-3H3. The van der Waals surface area contributed by atoms with Crippen LogP contribution in [0.5, 0.6) is 0 Å². The predicted molar refractivity (Wildman–Crippen MR) is 64.3 cm³/mol. The number of aromatic nitrogens is 3. The highest BCUT2D eigenvalue weighted by Crippen LogP contribution is 2.16. The Morgan fingerprint density at radius 3 is 3.19 bits per heavy atom. The average Bonchev–Trinajstić information content (AvgIpc) is 2.75. The summed E-state index contributed by atoms with van der Waals surface area (Å²) >= 11 is 0. The lowest BCUT2D eigenvalue weighted by molar-refractivity contribution is 0.604. The molecule has 0 saturated carbocycles. The maximum atomic E-state index is 4.37. The van der Waals surface area contributed by atoms with Crippen molar-refractivity contribution in [3.63, 3.8) is 0 Å². The van der Waals surface area contributed by atoms with Crippen molar-refractivity contribution < 1.29 is 0 Å². The summed E-state index contributed by atoms with van der Waals surface area (Å²) in [5.74, 6) is 0. The van der Waals surface area contributed by atoms with Gasteiger partial charge in [0.2, 0.25) is 0 Å². The first-order valence-corrected chi connectivity index (χ1v) is 5.37. The van der Waals surface area contributed by atoms with E-state index in [0.29, 0.717) is 0 Å². The molecule has 4 heteroatoms. The molecule has 16 heavy (non-hydrogen) atoms. The molecule has 0 aliphatic carbocycles. The Morgan fingerprint density at radius 1 is 1.62 bits per heavy atom. The fraction of sp³-hybridized carbons (Fsp3) is 0.333. The Balaban J connectivity index is 2.36. The summed E-state index contributed by atoms with van der Waals surface area (Å²) in [4.78, 5) is 4.37. The van der Waals surface area contributed by atoms with Gasteiger partial charge >= 0.3 is 0 Å². The number of fused-ring (bicyclic) bond motifs is 1. The molecule has 84 valence electrons. The fourth-order valence-electron chi connectivity index (χ4n) is 1.80. The summed E-state index contributed by atoms with van der Waals surface area (Å²) in [5.41, 5.74) is 3.18. The predicted octanol–water partition coefficient (Wildman–Crippen LogP) is 1.87. The molecule has 2 heterocycles. The van der Waals surface area contributed by atoms with Gasteiger partial charge in [0.25, 0.3) is 0 Å². The molecule has 0 saturated heterocycles. The first-order chi connectivity index (χ1) is 7.74. The van der Waals surface area contributed by atoms with Gasteiger partial charge in [-0.25, -0.2) is 9.50 Å². The van der Waals surface area contributed by atoms with Crippen molar-refractivity contribution in [2.75, 3.05) is 6.54 Å². The number of rotatable bonds is 4. The second kappa shape index (κ2) is 4.45. The third kappa shape index (κ3) is 1.84. The molecule has 0 amide bonds. The first-order valence-electron chi connectivity index (χ1n) is 5.37. The fourth-order valence-corrected chi connectivity index (χ4v) is 1.80. The molecule has 0 spiro atoms. The summed E-state index contributed by atoms with van der Waals surface area (Å²) in [5, 5.41) is 7.59. The van der Waals surface area contributed by atoms with E-state index < -0.39 is 0 Å². The molecule has 0 bridgehead atoms. The number of hydrogen-bond donors (Lipinski definition) is 1. The maximum Gasteiger partial charge on any atom is 0.155 e. The van der Waals surface area contributed by atoms with Crippen LogP contribution >= 0.6 is 0 Å². The van der Waals surface area contributed by atoms with Crippen LogP contribution in [-0.2, 0) is 0 Å². The average molecular weight is 216 g/mol. The highest BCUT2D eigenvalue weighted by atomic mass is 15.2. The molecule has 1 unspecified atom stereocenters. The van der Waals surface area contributed by atoms with E-state index in [1.54, 1.807) is 6.20 Å². The minimum absolute atomic E-state index is 0.249. The SMILES string of the molecule is C=CCNC(C)c1cnc2ccnn2c1C. The van der Waals surface area contributed by atoms with E-state index in [0.717, 1.165) is 23.4 Å². The Morgan fingerprint density at radius 2 is 2.44 bits per heavy atom. The summed E-state index contributed by atoms with van der Waals surface area (Å²) in [6, 6.07) is 2.15.